The molecule has 2 unspecified atom stereocenters. The SMILES string of the molecule is CCC(C)C(C)Nc1ccc(Cl)c2cccnc12. The van der Waals surface area contributed by atoms with E-state index in [4.69, 9.17) is 11.6 Å². The third-order valence-electron chi connectivity index (χ3n) is 3.60. The molecule has 0 aliphatic carbocycles. The first-order valence-corrected chi connectivity index (χ1v) is 6.81. The van der Waals surface area contributed by atoms with Crippen molar-refractivity contribution in [3.8, 4) is 0 Å². The summed E-state index contributed by atoms with van der Waals surface area (Å²) in [6.07, 6.45) is 2.96. The van der Waals surface area contributed by atoms with E-state index in [2.05, 4.69) is 31.1 Å². The van der Waals surface area contributed by atoms with Crippen LogP contribution in [0.4, 0.5) is 5.69 Å². The van der Waals surface area contributed by atoms with E-state index in [1.54, 1.807) is 6.20 Å². The van der Waals surface area contributed by atoms with E-state index in [1.807, 2.05) is 24.3 Å². The van der Waals surface area contributed by atoms with Crippen LogP contribution < -0.4 is 5.32 Å². The summed E-state index contributed by atoms with van der Waals surface area (Å²) in [5.74, 6) is 0.624. The second-order valence-electron chi connectivity index (χ2n) is 4.81. The van der Waals surface area contributed by atoms with E-state index in [1.165, 1.54) is 0 Å². The fourth-order valence-corrected chi connectivity index (χ4v) is 2.21. The molecule has 0 amide bonds. The van der Waals surface area contributed by atoms with E-state index in [9.17, 15) is 0 Å². The van der Waals surface area contributed by atoms with E-state index in [0.717, 1.165) is 28.0 Å². The highest BCUT2D eigenvalue weighted by molar-refractivity contribution is 6.35. The van der Waals surface area contributed by atoms with Gasteiger partial charge in [0.15, 0.2) is 0 Å². The Morgan fingerprint density at radius 3 is 2.78 bits per heavy atom. The zero-order chi connectivity index (χ0) is 13.1. The molecule has 0 aliphatic rings. The fourth-order valence-electron chi connectivity index (χ4n) is 2.00. The molecule has 0 radical (unpaired) electrons. The van der Waals surface area contributed by atoms with Gasteiger partial charge in [-0.15, -0.1) is 0 Å². The Labute approximate surface area is 113 Å². The largest absolute Gasteiger partial charge is 0.381 e. The van der Waals surface area contributed by atoms with Crippen LogP contribution in [0.5, 0.6) is 0 Å². The zero-order valence-corrected chi connectivity index (χ0v) is 11.8. The third-order valence-corrected chi connectivity index (χ3v) is 3.93. The number of halogens is 1. The number of nitrogens with zero attached hydrogens (tertiary/aromatic N) is 1. The number of rotatable bonds is 4. The highest BCUT2D eigenvalue weighted by Crippen LogP contribution is 2.29. The number of hydrogen-bond acceptors (Lipinski definition) is 2. The van der Waals surface area contributed by atoms with Gasteiger partial charge in [0.25, 0.3) is 0 Å². The van der Waals surface area contributed by atoms with E-state index < -0.39 is 0 Å². The number of nitrogens with one attached hydrogen (secondary N) is 1. The van der Waals surface area contributed by atoms with Crippen LogP contribution in [0.25, 0.3) is 10.9 Å². The van der Waals surface area contributed by atoms with Gasteiger partial charge < -0.3 is 5.32 Å². The summed E-state index contributed by atoms with van der Waals surface area (Å²) in [6, 6.07) is 8.27. The maximum Gasteiger partial charge on any atom is 0.0948 e. The number of fused-ring (bicyclic) bond motifs is 1. The van der Waals surface area contributed by atoms with Crippen molar-refractivity contribution in [1.82, 2.24) is 4.98 Å². The van der Waals surface area contributed by atoms with Crippen molar-refractivity contribution in [3.63, 3.8) is 0 Å². The molecule has 2 aromatic rings. The van der Waals surface area contributed by atoms with Gasteiger partial charge >= 0.3 is 0 Å². The molecule has 1 N–H and O–H groups in total. The minimum atomic E-state index is 0.418. The fraction of sp³-hybridized carbons (Fsp3) is 0.400. The molecule has 2 nitrogen and oxygen atoms in total. The molecule has 3 heteroatoms. The lowest BCUT2D eigenvalue weighted by molar-refractivity contribution is 0.495. The Morgan fingerprint density at radius 2 is 2.06 bits per heavy atom. The summed E-state index contributed by atoms with van der Waals surface area (Å²) in [4.78, 5) is 4.43. The van der Waals surface area contributed by atoms with E-state index in [0.29, 0.717) is 12.0 Å². The van der Waals surface area contributed by atoms with Crippen LogP contribution in [0.15, 0.2) is 30.5 Å². The van der Waals surface area contributed by atoms with Crippen LogP contribution in [0.1, 0.15) is 27.2 Å². The second-order valence-corrected chi connectivity index (χ2v) is 5.22. The number of pyridine rings is 1. The predicted octanol–water partition coefficient (Wildman–Crippen LogP) is 4.73. The smallest absolute Gasteiger partial charge is 0.0948 e. The minimum absolute atomic E-state index is 0.418. The van der Waals surface area contributed by atoms with Crippen molar-refractivity contribution in [2.24, 2.45) is 5.92 Å². The van der Waals surface area contributed by atoms with Crippen molar-refractivity contribution < 1.29 is 0 Å². The molecule has 2 rings (SSSR count). The van der Waals surface area contributed by atoms with E-state index in [-0.39, 0.29) is 0 Å². The van der Waals surface area contributed by atoms with Gasteiger partial charge in [-0.25, -0.2) is 0 Å². The number of anilines is 1. The molecule has 0 fully saturated rings. The second kappa shape index (κ2) is 5.57. The normalized spacial score (nSPS) is 14.4. The van der Waals surface area contributed by atoms with Crippen LogP contribution >= 0.6 is 11.6 Å². The van der Waals surface area contributed by atoms with Gasteiger partial charge in [-0.2, -0.15) is 0 Å². The first-order valence-electron chi connectivity index (χ1n) is 6.43. The van der Waals surface area contributed by atoms with Crippen molar-refractivity contribution >= 4 is 28.2 Å². The van der Waals surface area contributed by atoms with Gasteiger partial charge in [0.2, 0.25) is 0 Å². The average molecular weight is 263 g/mol. The molecular weight excluding hydrogens is 244 g/mol. The van der Waals surface area contributed by atoms with Crippen molar-refractivity contribution in [2.45, 2.75) is 33.2 Å². The van der Waals surface area contributed by atoms with Crippen molar-refractivity contribution in [3.05, 3.63) is 35.5 Å². The molecule has 0 saturated heterocycles. The van der Waals surface area contributed by atoms with Crippen LogP contribution in [0, 0.1) is 5.92 Å². The Balaban J connectivity index is 2.37. The average Bonchev–Trinajstić information content (AvgIpc) is 2.41. The Morgan fingerprint density at radius 1 is 1.28 bits per heavy atom. The molecule has 0 bridgehead atoms. The number of benzene rings is 1. The van der Waals surface area contributed by atoms with Gasteiger partial charge in [-0.05, 0) is 37.1 Å². The quantitative estimate of drug-likeness (QED) is 0.861. The lowest BCUT2D eigenvalue weighted by atomic mass is 10.0. The van der Waals surface area contributed by atoms with Gasteiger partial charge in [-0.3, -0.25) is 4.98 Å². The third kappa shape index (κ3) is 2.59. The molecule has 0 spiro atoms. The molecular formula is C15H19ClN2. The highest BCUT2D eigenvalue weighted by atomic mass is 35.5. The van der Waals surface area contributed by atoms with Crippen molar-refractivity contribution in [2.75, 3.05) is 5.32 Å². The van der Waals surface area contributed by atoms with Gasteiger partial charge in [-0.1, -0.05) is 31.9 Å². The van der Waals surface area contributed by atoms with Gasteiger partial charge in [0.05, 0.1) is 16.2 Å². The zero-order valence-electron chi connectivity index (χ0n) is 11.1. The summed E-state index contributed by atoms with van der Waals surface area (Å²) in [6.45, 7) is 6.67. The molecule has 0 saturated carbocycles. The molecule has 2 atom stereocenters. The summed E-state index contributed by atoms with van der Waals surface area (Å²) in [5.41, 5.74) is 2.00. The molecule has 0 aliphatic heterocycles. The lowest BCUT2D eigenvalue weighted by Gasteiger charge is -2.22. The molecule has 1 aromatic carbocycles. The monoisotopic (exact) mass is 262 g/mol. The van der Waals surface area contributed by atoms with Crippen molar-refractivity contribution in [1.29, 1.82) is 0 Å². The standard InChI is InChI=1S/C15H19ClN2/c1-4-10(2)11(3)18-14-8-7-13(16)12-6-5-9-17-15(12)14/h5-11,18H,4H2,1-3H3. The number of hydrogen-bond donors (Lipinski definition) is 1. The minimum Gasteiger partial charge on any atom is -0.381 e. The van der Waals surface area contributed by atoms with Gasteiger partial charge in [0.1, 0.15) is 0 Å². The molecule has 1 aromatic heterocycles. The topological polar surface area (TPSA) is 24.9 Å². The first kappa shape index (κ1) is 13.2. The maximum atomic E-state index is 6.19. The predicted molar refractivity (Wildman–Crippen MR) is 79.3 cm³/mol. The number of aromatic nitrogens is 1. The van der Waals surface area contributed by atoms with Crippen LogP contribution in [-0.4, -0.2) is 11.0 Å². The van der Waals surface area contributed by atoms with Crippen LogP contribution in [-0.2, 0) is 0 Å². The van der Waals surface area contributed by atoms with Crippen LogP contribution in [0.2, 0.25) is 5.02 Å². The summed E-state index contributed by atoms with van der Waals surface area (Å²) in [7, 11) is 0. The Kier molecular flexibility index (Phi) is 4.07. The molecule has 1 heterocycles. The summed E-state index contributed by atoms with van der Waals surface area (Å²) in [5, 5.41) is 5.29. The van der Waals surface area contributed by atoms with Crippen LogP contribution in [0.3, 0.4) is 0 Å². The molecule has 96 valence electrons. The Bertz CT molecular complexity index is 539. The summed E-state index contributed by atoms with van der Waals surface area (Å²) < 4.78 is 0. The van der Waals surface area contributed by atoms with E-state index >= 15 is 0 Å². The highest BCUT2D eigenvalue weighted by Gasteiger charge is 2.12. The molecule has 18 heavy (non-hydrogen) atoms. The first-order chi connectivity index (χ1) is 8.63. The Hall–Kier alpha value is -1.28. The maximum absolute atomic E-state index is 6.19. The lowest BCUT2D eigenvalue weighted by Crippen LogP contribution is -2.23. The van der Waals surface area contributed by atoms with Gasteiger partial charge in [0, 0.05) is 17.6 Å². The summed E-state index contributed by atoms with van der Waals surface area (Å²) >= 11 is 6.19.